The van der Waals surface area contributed by atoms with E-state index in [-0.39, 0.29) is 17.2 Å². The largest absolute Gasteiger partial charge is 0.492 e. The molecule has 2 aromatic heterocycles. The number of aryl methyl sites for hydroxylation is 1. The molecule has 2 aromatic carbocycles. The molecule has 0 N–H and O–H groups in total. The van der Waals surface area contributed by atoms with Gasteiger partial charge in [0, 0.05) is 57.8 Å². The monoisotopic (exact) mass is 618 g/mol. The number of carbonyl (C=O) groups excluding carboxylic acids is 2. The molecule has 1 saturated heterocycles. The number of piperidine rings is 1. The molecule has 0 unspecified atom stereocenters. The minimum Gasteiger partial charge on any atom is -0.492 e. The Labute approximate surface area is 269 Å². The number of anilines is 1. The van der Waals surface area contributed by atoms with E-state index in [9.17, 15) is 14.9 Å². The minimum absolute atomic E-state index is 0.0937. The number of rotatable bonds is 4. The second-order valence-corrected chi connectivity index (χ2v) is 12.1. The van der Waals surface area contributed by atoms with E-state index in [1.807, 2.05) is 70.5 Å². The molecule has 0 radical (unpaired) electrons. The fourth-order valence-electron chi connectivity index (χ4n) is 6.37. The molecule has 1 spiro atoms. The summed E-state index contributed by atoms with van der Waals surface area (Å²) in [7, 11) is 0. The molecular weight excluding hydrogens is 580 g/mol. The second-order valence-electron chi connectivity index (χ2n) is 12.1. The summed E-state index contributed by atoms with van der Waals surface area (Å²) in [6, 6.07) is 23.3. The summed E-state index contributed by atoms with van der Waals surface area (Å²) in [5.41, 5.74) is 2.23. The topological polar surface area (TPSA) is 116 Å². The van der Waals surface area contributed by atoms with E-state index in [0.29, 0.717) is 67.8 Å². The van der Waals surface area contributed by atoms with Crippen LogP contribution in [0.4, 0.5) is 5.82 Å². The Morgan fingerprint density at radius 3 is 2.46 bits per heavy atom. The Bertz CT molecular complexity index is 1690. The number of likely N-dealkylation sites (tertiary alicyclic amines) is 1. The normalized spacial score (nSPS) is 17.2. The van der Waals surface area contributed by atoms with E-state index in [0.717, 1.165) is 43.6 Å². The first-order valence-corrected chi connectivity index (χ1v) is 15.8. The number of fused-ring (bicyclic) bond motifs is 1. The van der Waals surface area contributed by atoms with Crippen molar-refractivity contribution in [1.29, 1.82) is 5.26 Å². The number of hydrogen-bond acceptors (Lipinski definition) is 8. The molecule has 0 atom stereocenters. The Morgan fingerprint density at radius 2 is 1.74 bits per heavy atom. The van der Waals surface area contributed by atoms with Crippen molar-refractivity contribution in [2.45, 2.75) is 39.2 Å². The highest BCUT2D eigenvalue weighted by atomic mass is 16.5. The summed E-state index contributed by atoms with van der Waals surface area (Å²) in [5, 5.41) is 9.33. The van der Waals surface area contributed by atoms with Gasteiger partial charge in [0.25, 0.3) is 11.8 Å². The van der Waals surface area contributed by atoms with Crippen molar-refractivity contribution in [3.05, 3.63) is 107 Å². The molecule has 10 heteroatoms. The first-order chi connectivity index (χ1) is 22.4. The highest BCUT2D eigenvalue weighted by Crippen LogP contribution is 2.38. The molecule has 46 heavy (non-hydrogen) atoms. The number of ether oxygens (including phenoxy) is 1. The number of carbonyl (C=O) groups is 2. The summed E-state index contributed by atoms with van der Waals surface area (Å²) >= 11 is 0. The number of hydrogen-bond donors (Lipinski definition) is 0. The number of aromatic nitrogens is 2. The van der Waals surface area contributed by atoms with Gasteiger partial charge in [-0.15, -0.1) is 0 Å². The Kier molecular flexibility index (Phi) is 9.29. The molecule has 2 aliphatic heterocycles. The van der Waals surface area contributed by atoms with Gasteiger partial charge in [0.05, 0.1) is 17.7 Å². The van der Waals surface area contributed by atoms with E-state index in [1.165, 1.54) is 6.26 Å². The molecular formula is C36H38N6O4. The molecule has 1 fully saturated rings. The quantitative estimate of drug-likeness (QED) is 0.295. The van der Waals surface area contributed by atoms with Gasteiger partial charge in [-0.3, -0.25) is 9.59 Å². The number of nitrogens with zero attached hydrogens (tertiary/aromatic N) is 6. The van der Waals surface area contributed by atoms with Crippen molar-refractivity contribution in [3.63, 3.8) is 0 Å². The van der Waals surface area contributed by atoms with Crippen molar-refractivity contribution >= 4 is 17.6 Å². The molecule has 236 valence electrons. The van der Waals surface area contributed by atoms with Gasteiger partial charge in [0.2, 0.25) is 0 Å². The molecule has 0 aliphatic carbocycles. The molecule has 4 heterocycles. The molecule has 2 aliphatic rings. The third-order valence-electron chi connectivity index (χ3n) is 9.08. The standard InChI is InChI=1S/C36H38N6O4/c1-27-39-31(25-45-27)35(44)41-18-15-36(16-19-41)14-7-17-40(33-13-12-29(22-37)23-38-33)20-21-42(24-28-8-3-2-4-9-28)34(43)30-10-5-6-11-32(30)46-26-36/h2-6,8-13,23,25H,7,14-21,24,26H2,1H3. The van der Waals surface area contributed by atoms with Crippen LogP contribution in [0.2, 0.25) is 0 Å². The van der Waals surface area contributed by atoms with Crippen molar-refractivity contribution in [1.82, 2.24) is 19.8 Å². The van der Waals surface area contributed by atoms with E-state index in [4.69, 9.17) is 9.15 Å². The van der Waals surface area contributed by atoms with E-state index >= 15 is 0 Å². The van der Waals surface area contributed by atoms with E-state index < -0.39 is 0 Å². The van der Waals surface area contributed by atoms with Crippen LogP contribution in [0.15, 0.2) is 83.6 Å². The summed E-state index contributed by atoms with van der Waals surface area (Å²) in [6.07, 6.45) is 6.30. The molecule has 4 aromatic rings. The van der Waals surface area contributed by atoms with Crippen molar-refractivity contribution in [2.75, 3.05) is 44.2 Å². The van der Waals surface area contributed by atoms with Gasteiger partial charge in [-0.1, -0.05) is 42.5 Å². The number of para-hydroxylation sites is 1. The van der Waals surface area contributed by atoms with Crippen LogP contribution in [0.3, 0.4) is 0 Å². The average Bonchev–Trinajstić information content (AvgIpc) is 3.54. The van der Waals surface area contributed by atoms with Crippen LogP contribution in [0, 0.1) is 23.7 Å². The maximum atomic E-state index is 14.2. The molecule has 0 saturated carbocycles. The lowest BCUT2D eigenvalue weighted by Crippen LogP contribution is -2.46. The van der Waals surface area contributed by atoms with E-state index in [2.05, 4.69) is 20.9 Å². The fraction of sp³-hybridized carbons (Fsp3) is 0.361. The second kappa shape index (κ2) is 13.9. The number of pyridine rings is 1. The predicted molar refractivity (Wildman–Crippen MR) is 172 cm³/mol. The Balaban J connectivity index is 1.28. The van der Waals surface area contributed by atoms with E-state index in [1.54, 1.807) is 19.2 Å². The van der Waals surface area contributed by atoms with Crippen molar-refractivity contribution in [3.8, 4) is 11.8 Å². The van der Waals surface area contributed by atoms with Crippen LogP contribution in [0.5, 0.6) is 5.75 Å². The highest BCUT2D eigenvalue weighted by Gasteiger charge is 2.38. The van der Waals surface area contributed by atoms with Crippen molar-refractivity contribution < 1.29 is 18.7 Å². The minimum atomic E-state index is -0.186. The van der Waals surface area contributed by atoms with Crippen molar-refractivity contribution in [2.24, 2.45) is 5.41 Å². The third kappa shape index (κ3) is 7.04. The van der Waals surface area contributed by atoms with Gasteiger partial charge in [-0.05, 0) is 55.5 Å². The van der Waals surface area contributed by atoms with Gasteiger partial charge in [0.1, 0.15) is 23.9 Å². The molecule has 0 bridgehead atoms. The predicted octanol–water partition coefficient (Wildman–Crippen LogP) is 5.49. The SMILES string of the molecule is Cc1nc(C(=O)N2CCC3(CCCN(c4ccc(C#N)cn4)CCN(Cc4ccccc4)C(=O)c4ccccc4OC3)CC2)co1. The highest BCUT2D eigenvalue weighted by molar-refractivity contribution is 5.97. The third-order valence-corrected chi connectivity index (χ3v) is 9.08. The van der Waals surface area contributed by atoms with Crippen LogP contribution >= 0.6 is 0 Å². The van der Waals surface area contributed by atoms with Crippen LogP contribution in [0.1, 0.15) is 63.5 Å². The van der Waals surface area contributed by atoms with Crippen LogP contribution < -0.4 is 9.64 Å². The Hall–Kier alpha value is -5.17. The Morgan fingerprint density at radius 1 is 0.957 bits per heavy atom. The first kappa shape index (κ1) is 30.8. The molecule has 6 rings (SSSR count). The summed E-state index contributed by atoms with van der Waals surface area (Å²) in [4.78, 5) is 42.1. The summed E-state index contributed by atoms with van der Waals surface area (Å²) in [5.74, 6) is 1.60. The lowest BCUT2D eigenvalue weighted by atomic mass is 9.75. The van der Waals surface area contributed by atoms with Crippen LogP contribution in [-0.4, -0.2) is 70.9 Å². The molecule has 10 nitrogen and oxygen atoms in total. The van der Waals surface area contributed by atoms with Gasteiger partial charge < -0.3 is 23.9 Å². The number of nitriles is 1. The molecule has 2 amide bonds. The van der Waals surface area contributed by atoms with Gasteiger partial charge in [0.15, 0.2) is 11.6 Å². The lowest BCUT2D eigenvalue weighted by molar-refractivity contribution is 0.0360. The maximum Gasteiger partial charge on any atom is 0.275 e. The van der Waals surface area contributed by atoms with Gasteiger partial charge in [-0.25, -0.2) is 9.97 Å². The van der Waals surface area contributed by atoms with Crippen LogP contribution in [0.25, 0.3) is 0 Å². The maximum absolute atomic E-state index is 14.2. The first-order valence-electron chi connectivity index (χ1n) is 15.8. The van der Waals surface area contributed by atoms with Crippen LogP contribution in [-0.2, 0) is 6.54 Å². The summed E-state index contributed by atoms with van der Waals surface area (Å²) in [6.45, 7) is 5.58. The zero-order valence-electron chi connectivity index (χ0n) is 26.1. The smallest absolute Gasteiger partial charge is 0.275 e. The zero-order valence-corrected chi connectivity index (χ0v) is 26.1. The van der Waals surface area contributed by atoms with Gasteiger partial charge >= 0.3 is 0 Å². The number of oxazole rings is 1. The number of amides is 2. The van der Waals surface area contributed by atoms with Gasteiger partial charge in [-0.2, -0.15) is 5.26 Å². The zero-order chi connectivity index (χ0) is 31.9. The lowest BCUT2D eigenvalue weighted by Gasteiger charge is -2.42. The number of benzene rings is 2. The average molecular weight is 619 g/mol. The summed E-state index contributed by atoms with van der Waals surface area (Å²) < 4.78 is 11.8. The fourth-order valence-corrected chi connectivity index (χ4v) is 6.37.